The van der Waals surface area contributed by atoms with Crippen molar-refractivity contribution in [2.24, 2.45) is 0 Å². The molecule has 1 N–H and O–H groups in total. The molecule has 1 fully saturated rings. The van der Waals surface area contributed by atoms with E-state index >= 15 is 0 Å². The van der Waals surface area contributed by atoms with E-state index < -0.39 is 33.4 Å². The lowest BCUT2D eigenvalue weighted by Crippen LogP contribution is -2.55. The number of ether oxygens (including phenoxy) is 1. The van der Waals surface area contributed by atoms with Crippen LogP contribution in [0, 0.1) is 0 Å². The Hall–Kier alpha value is -3.24. The number of nitrogens with zero attached hydrogens (tertiary/aromatic N) is 2. The number of benzene rings is 2. The predicted molar refractivity (Wildman–Crippen MR) is 128 cm³/mol. The Labute approximate surface area is 199 Å². The molecule has 0 aromatic heterocycles. The Bertz CT molecular complexity index is 1190. The van der Waals surface area contributed by atoms with Gasteiger partial charge in [-0.3, -0.25) is 14.4 Å². The molecule has 0 saturated carbocycles. The molecule has 3 rings (SSSR count). The highest BCUT2D eigenvalue weighted by Gasteiger charge is 2.51. The third-order valence-corrected chi connectivity index (χ3v) is 8.06. The molecule has 1 saturated heterocycles. The van der Waals surface area contributed by atoms with Crippen LogP contribution in [0.15, 0.2) is 53.4 Å². The van der Waals surface area contributed by atoms with Gasteiger partial charge in [0.2, 0.25) is 21.8 Å². The van der Waals surface area contributed by atoms with E-state index in [1.807, 2.05) is 6.92 Å². The first-order chi connectivity index (χ1) is 15.9. The minimum Gasteiger partial charge on any atom is -0.497 e. The van der Waals surface area contributed by atoms with Gasteiger partial charge in [0.05, 0.1) is 24.1 Å². The fourth-order valence-electron chi connectivity index (χ4n) is 3.90. The summed E-state index contributed by atoms with van der Waals surface area (Å²) in [6, 6.07) is 11.0. The van der Waals surface area contributed by atoms with Gasteiger partial charge >= 0.3 is 0 Å². The number of imide groups is 1. The SMILES string of the molecule is CCC(C)(C)N(C1CC(=O)N(c2ccc(NC(C)=O)cc2)C1=O)S(=O)(=O)c1ccc(OC)cc1. The molecule has 0 radical (unpaired) electrons. The lowest BCUT2D eigenvalue weighted by Gasteiger charge is -2.39. The van der Waals surface area contributed by atoms with Crippen molar-refractivity contribution in [3.63, 3.8) is 0 Å². The molecule has 0 bridgehead atoms. The van der Waals surface area contributed by atoms with E-state index in [0.717, 1.165) is 9.21 Å². The molecule has 1 aliphatic rings. The number of amides is 3. The van der Waals surface area contributed by atoms with Crippen LogP contribution in [-0.2, 0) is 24.4 Å². The molecule has 0 aliphatic carbocycles. The summed E-state index contributed by atoms with van der Waals surface area (Å²) >= 11 is 0. The number of hydrogen-bond acceptors (Lipinski definition) is 6. The summed E-state index contributed by atoms with van der Waals surface area (Å²) in [5.74, 6) is -0.858. The highest BCUT2D eigenvalue weighted by molar-refractivity contribution is 7.89. The zero-order valence-corrected chi connectivity index (χ0v) is 20.7. The van der Waals surface area contributed by atoms with Crippen LogP contribution in [0.5, 0.6) is 5.75 Å². The van der Waals surface area contributed by atoms with Crippen LogP contribution in [0.25, 0.3) is 0 Å². The van der Waals surface area contributed by atoms with E-state index in [1.165, 1.54) is 50.4 Å². The number of sulfonamides is 1. The van der Waals surface area contributed by atoms with Crippen molar-refractivity contribution < 1.29 is 27.5 Å². The van der Waals surface area contributed by atoms with E-state index in [9.17, 15) is 22.8 Å². The second-order valence-electron chi connectivity index (χ2n) is 8.66. The molecule has 182 valence electrons. The van der Waals surface area contributed by atoms with Gasteiger partial charge in [0.25, 0.3) is 5.91 Å². The average molecular weight is 488 g/mol. The van der Waals surface area contributed by atoms with Crippen molar-refractivity contribution >= 4 is 39.1 Å². The first-order valence-corrected chi connectivity index (χ1v) is 12.3. The minimum atomic E-state index is -4.13. The van der Waals surface area contributed by atoms with Crippen LogP contribution in [0.4, 0.5) is 11.4 Å². The van der Waals surface area contributed by atoms with Gasteiger partial charge < -0.3 is 10.1 Å². The number of carbonyl (C=O) groups excluding carboxylic acids is 3. The Morgan fingerprint density at radius 3 is 2.21 bits per heavy atom. The molecule has 3 amide bonds. The molecule has 2 aromatic rings. The number of methoxy groups -OCH3 is 1. The zero-order chi connectivity index (χ0) is 25.3. The Morgan fingerprint density at radius 2 is 1.71 bits per heavy atom. The first kappa shape index (κ1) is 25.4. The van der Waals surface area contributed by atoms with E-state index in [1.54, 1.807) is 26.0 Å². The molecule has 1 unspecified atom stereocenters. The molecule has 0 spiro atoms. The lowest BCUT2D eigenvalue weighted by atomic mass is 10.00. The summed E-state index contributed by atoms with van der Waals surface area (Å²) in [6.07, 6.45) is 0.150. The first-order valence-electron chi connectivity index (χ1n) is 10.9. The molecule has 1 atom stereocenters. The van der Waals surface area contributed by atoms with Crippen LogP contribution in [0.3, 0.4) is 0 Å². The van der Waals surface area contributed by atoms with Crippen LogP contribution < -0.4 is 15.0 Å². The summed E-state index contributed by atoms with van der Waals surface area (Å²) in [5, 5.41) is 2.62. The number of hydrogen-bond donors (Lipinski definition) is 1. The molecule has 9 nitrogen and oxygen atoms in total. The largest absolute Gasteiger partial charge is 0.497 e. The van der Waals surface area contributed by atoms with Gasteiger partial charge in [0.1, 0.15) is 11.8 Å². The molecular weight excluding hydrogens is 458 g/mol. The minimum absolute atomic E-state index is 0.00758. The van der Waals surface area contributed by atoms with E-state index in [4.69, 9.17) is 4.74 Å². The maximum atomic E-state index is 13.7. The summed E-state index contributed by atoms with van der Waals surface area (Å²) < 4.78 is 33.7. The molecule has 1 heterocycles. The molecular formula is C24H29N3O6S. The van der Waals surface area contributed by atoms with Crippen molar-refractivity contribution in [1.82, 2.24) is 4.31 Å². The Kier molecular flexibility index (Phi) is 7.13. The van der Waals surface area contributed by atoms with Crippen molar-refractivity contribution in [3.8, 4) is 5.75 Å². The monoisotopic (exact) mass is 487 g/mol. The maximum Gasteiger partial charge on any atom is 0.252 e. The van der Waals surface area contributed by atoms with E-state index in [-0.39, 0.29) is 17.2 Å². The van der Waals surface area contributed by atoms with Gasteiger partial charge in [0, 0.05) is 18.2 Å². The van der Waals surface area contributed by atoms with Gasteiger partial charge in [0.15, 0.2) is 0 Å². The van der Waals surface area contributed by atoms with Crippen molar-refractivity contribution in [2.45, 2.75) is 57.0 Å². The van der Waals surface area contributed by atoms with Crippen LogP contribution in [0.2, 0.25) is 0 Å². The van der Waals surface area contributed by atoms with Crippen molar-refractivity contribution in [2.75, 3.05) is 17.3 Å². The van der Waals surface area contributed by atoms with Crippen molar-refractivity contribution in [3.05, 3.63) is 48.5 Å². The van der Waals surface area contributed by atoms with Gasteiger partial charge in [-0.1, -0.05) is 6.92 Å². The number of rotatable bonds is 8. The average Bonchev–Trinajstić information content (AvgIpc) is 3.07. The summed E-state index contributed by atoms with van der Waals surface area (Å²) in [5.41, 5.74) is -0.115. The second kappa shape index (κ2) is 9.55. The topological polar surface area (TPSA) is 113 Å². The smallest absolute Gasteiger partial charge is 0.252 e. The lowest BCUT2D eigenvalue weighted by molar-refractivity contribution is -0.123. The van der Waals surface area contributed by atoms with Crippen LogP contribution >= 0.6 is 0 Å². The third kappa shape index (κ3) is 4.83. The number of nitrogens with one attached hydrogen (secondary N) is 1. The molecule has 10 heteroatoms. The highest BCUT2D eigenvalue weighted by atomic mass is 32.2. The fourth-order valence-corrected chi connectivity index (χ4v) is 5.89. The van der Waals surface area contributed by atoms with E-state index in [2.05, 4.69) is 5.32 Å². The normalized spacial score (nSPS) is 16.8. The van der Waals surface area contributed by atoms with Gasteiger partial charge in [-0.05, 0) is 68.8 Å². The van der Waals surface area contributed by atoms with Gasteiger partial charge in [-0.2, -0.15) is 4.31 Å². The number of anilines is 2. The van der Waals surface area contributed by atoms with Crippen molar-refractivity contribution in [1.29, 1.82) is 0 Å². The van der Waals surface area contributed by atoms with Crippen LogP contribution in [0.1, 0.15) is 40.5 Å². The second-order valence-corrected chi connectivity index (χ2v) is 10.5. The number of carbonyl (C=O) groups is 3. The summed E-state index contributed by atoms with van der Waals surface area (Å²) in [6.45, 7) is 6.67. The standard InChI is InChI=1S/C24H29N3O6S/c1-6-24(3,4)27(34(31,32)20-13-11-19(33-5)12-14-20)21-15-22(29)26(23(21)30)18-9-7-17(8-10-18)25-16(2)28/h7-14,21H,6,15H2,1-5H3,(H,25,28). The third-order valence-electron chi connectivity index (χ3n) is 5.93. The maximum absolute atomic E-state index is 13.7. The van der Waals surface area contributed by atoms with Gasteiger partial charge in [-0.25, -0.2) is 13.3 Å². The summed E-state index contributed by atoms with van der Waals surface area (Å²) in [4.78, 5) is 38.7. The van der Waals surface area contributed by atoms with Crippen LogP contribution in [-0.4, -0.2) is 49.1 Å². The highest BCUT2D eigenvalue weighted by Crippen LogP contribution is 2.36. The Balaban J connectivity index is 2.00. The summed E-state index contributed by atoms with van der Waals surface area (Å²) in [7, 11) is -2.65. The molecule has 1 aliphatic heterocycles. The Morgan fingerprint density at radius 1 is 1.12 bits per heavy atom. The van der Waals surface area contributed by atoms with Gasteiger partial charge in [-0.15, -0.1) is 0 Å². The molecule has 34 heavy (non-hydrogen) atoms. The van der Waals surface area contributed by atoms with E-state index in [0.29, 0.717) is 23.5 Å². The molecule has 2 aromatic carbocycles. The quantitative estimate of drug-likeness (QED) is 0.573. The zero-order valence-electron chi connectivity index (χ0n) is 19.9. The fraction of sp³-hybridized carbons (Fsp3) is 0.375. The predicted octanol–water partition coefficient (Wildman–Crippen LogP) is 3.17.